The first-order chi connectivity index (χ1) is 8.69. The van der Waals surface area contributed by atoms with Crippen molar-refractivity contribution in [3.63, 3.8) is 0 Å². The molecule has 2 aromatic heterocycles. The Bertz CT molecular complexity index is 574. The van der Waals surface area contributed by atoms with Crippen LogP contribution < -0.4 is 0 Å². The topological polar surface area (TPSA) is 103 Å². The molecule has 0 aromatic carbocycles. The van der Waals surface area contributed by atoms with E-state index in [0.29, 0.717) is 11.6 Å². The smallest absolute Gasteiger partial charge is 0.197 e. The third-order valence-corrected chi connectivity index (χ3v) is 2.22. The number of aromatic amines is 1. The second kappa shape index (κ2) is 5.14. The van der Waals surface area contributed by atoms with E-state index in [0.717, 1.165) is 11.3 Å². The lowest BCUT2D eigenvalue weighted by atomic mass is 10.2. The minimum absolute atomic E-state index is 0.297. The lowest BCUT2D eigenvalue weighted by molar-refractivity contribution is 0.881. The van der Waals surface area contributed by atoms with Crippen LogP contribution in [0, 0.1) is 25.2 Å². The van der Waals surface area contributed by atoms with Gasteiger partial charge in [-0.25, -0.2) is 9.98 Å². The Labute approximate surface area is 104 Å². The average molecular weight is 241 g/mol. The molecule has 1 N–H and O–H groups in total. The quantitative estimate of drug-likeness (QED) is 0.813. The van der Waals surface area contributed by atoms with E-state index in [1.54, 1.807) is 0 Å². The maximum atomic E-state index is 9.00. The number of aryl methyl sites for hydroxylation is 2. The Kier molecular flexibility index (Phi) is 3.38. The van der Waals surface area contributed by atoms with E-state index in [9.17, 15) is 0 Å². The predicted molar refractivity (Wildman–Crippen MR) is 64.4 cm³/mol. The molecule has 0 fully saturated rings. The zero-order chi connectivity index (χ0) is 13.0. The third kappa shape index (κ3) is 2.74. The standard InChI is InChI=1S/C11H11N7/c1-7-3-8(2)14-10(4-7)13-6-9(5-12)11-15-17-18-16-11/h3-4,6,9H,1-2H3,(H,15,16,17,18). The van der Waals surface area contributed by atoms with Crippen LogP contribution in [0.25, 0.3) is 0 Å². The van der Waals surface area contributed by atoms with Crippen LogP contribution in [-0.2, 0) is 0 Å². The molecule has 2 rings (SSSR count). The van der Waals surface area contributed by atoms with Gasteiger partial charge in [-0.1, -0.05) is 5.21 Å². The average Bonchev–Trinajstić information content (AvgIpc) is 2.82. The van der Waals surface area contributed by atoms with E-state index >= 15 is 0 Å². The Hall–Kier alpha value is -2.62. The van der Waals surface area contributed by atoms with Crippen LogP contribution in [0.3, 0.4) is 0 Å². The highest BCUT2D eigenvalue weighted by atomic mass is 15.5. The highest BCUT2D eigenvalue weighted by Crippen LogP contribution is 2.13. The Balaban J connectivity index is 2.22. The van der Waals surface area contributed by atoms with Crippen molar-refractivity contribution in [2.75, 3.05) is 0 Å². The van der Waals surface area contributed by atoms with Crippen LogP contribution >= 0.6 is 0 Å². The van der Waals surface area contributed by atoms with E-state index in [2.05, 4.69) is 30.6 Å². The summed E-state index contributed by atoms with van der Waals surface area (Å²) in [6.45, 7) is 3.86. The molecule has 0 amide bonds. The predicted octanol–water partition coefficient (Wildman–Crippen LogP) is 1.22. The summed E-state index contributed by atoms with van der Waals surface area (Å²) in [4.78, 5) is 8.42. The van der Waals surface area contributed by atoms with Gasteiger partial charge in [0.25, 0.3) is 0 Å². The number of hydrogen-bond acceptors (Lipinski definition) is 6. The first-order valence-corrected chi connectivity index (χ1v) is 5.31. The molecule has 90 valence electrons. The van der Waals surface area contributed by atoms with Crippen LogP contribution in [-0.4, -0.2) is 31.8 Å². The van der Waals surface area contributed by atoms with Gasteiger partial charge in [0, 0.05) is 11.9 Å². The van der Waals surface area contributed by atoms with Crippen LogP contribution in [0.2, 0.25) is 0 Å². The van der Waals surface area contributed by atoms with Gasteiger partial charge in [-0.2, -0.15) is 10.5 Å². The Morgan fingerprint density at radius 1 is 1.44 bits per heavy atom. The zero-order valence-corrected chi connectivity index (χ0v) is 9.99. The van der Waals surface area contributed by atoms with E-state index in [1.165, 1.54) is 6.21 Å². The van der Waals surface area contributed by atoms with E-state index in [1.807, 2.05) is 32.0 Å². The van der Waals surface area contributed by atoms with Crippen molar-refractivity contribution in [2.45, 2.75) is 19.8 Å². The largest absolute Gasteiger partial charge is 0.240 e. The van der Waals surface area contributed by atoms with Gasteiger partial charge < -0.3 is 0 Å². The van der Waals surface area contributed by atoms with Gasteiger partial charge in [-0.05, 0) is 31.5 Å². The first-order valence-electron chi connectivity index (χ1n) is 5.31. The van der Waals surface area contributed by atoms with Crippen LogP contribution in [0.4, 0.5) is 5.82 Å². The van der Waals surface area contributed by atoms with Gasteiger partial charge in [-0.15, -0.1) is 10.2 Å². The van der Waals surface area contributed by atoms with Crippen molar-refractivity contribution >= 4 is 12.0 Å². The number of tetrazole rings is 1. The molecule has 0 aliphatic heterocycles. The molecule has 0 bridgehead atoms. The first kappa shape index (κ1) is 11.9. The molecule has 0 saturated heterocycles. The fraction of sp³-hybridized carbons (Fsp3) is 0.273. The second-order valence-electron chi connectivity index (χ2n) is 3.80. The molecule has 2 aromatic rings. The molecule has 0 spiro atoms. The fourth-order valence-corrected chi connectivity index (χ4v) is 1.50. The minimum atomic E-state index is -0.633. The maximum Gasteiger partial charge on any atom is 0.197 e. The molecule has 7 nitrogen and oxygen atoms in total. The van der Waals surface area contributed by atoms with Crippen molar-refractivity contribution in [1.29, 1.82) is 5.26 Å². The van der Waals surface area contributed by atoms with Crippen molar-refractivity contribution < 1.29 is 0 Å². The fourth-order valence-electron chi connectivity index (χ4n) is 1.50. The monoisotopic (exact) mass is 241 g/mol. The van der Waals surface area contributed by atoms with Crippen molar-refractivity contribution in [3.05, 3.63) is 29.2 Å². The normalized spacial score (nSPS) is 12.5. The number of hydrogen-bond donors (Lipinski definition) is 1. The van der Waals surface area contributed by atoms with Crippen LogP contribution in [0.1, 0.15) is 23.0 Å². The van der Waals surface area contributed by atoms with Gasteiger partial charge in [0.05, 0.1) is 6.07 Å². The summed E-state index contributed by atoms with van der Waals surface area (Å²) in [6.07, 6.45) is 1.46. The Morgan fingerprint density at radius 2 is 2.28 bits per heavy atom. The second-order valence-corrected chi connectivity index (χ2v) is 3.80. The van der Waals surface area contributed by atoms with Gasteiger partial charge in [0.15, 0.2) is 11.6 Å². The zero-order valence-electron chi connectivity index (χ0n) is 9.99. The van der Waals surface area contributed by atoms with Gasteiger partial charge in [-0.3, -0.25) is 0 Å². The molecule has 18 heavy (non-hydrogen) atoms. The Morgan fingerprint density at radius 3 is 2.89 bits per heavy atom. The molecule has 0 aliphatic rings. The summed E-state index contributed by atoms with van der Waals surface area (Å²) in [7, 11) is 0. The summed E-state index contributed by atoms with van der Waals surface area (Å²) in [6, 6.07) is 5.84. The molecule has 0 radical (unpaired) electrons. The van der Waals surface area contributed by atoms with Crippen molar-refractivity contribution in [3.8, 4) is 6.07 Å². The molecular formula is C11H11N7. The number of nitriles is 1. The molecule has 0 aliphatic carbocycles. The molecule has 1 atom stereocenters. The lowest BCUT2D eigenvalue weighted by Gasteiger charge is -1.99. The van der Waals surface area contributed by atoms with E-state index in [4.69, 9.17) is 5.26 Å². The van der Waals surface area contributed by atoms with E-state index in [-0.39, 0.29) is 0 Å². The molecular weight excluding hydrogens is 230 g/mol. The third-order valence-electron chi connectivity index (χ3n) is 2.22. The summed E-state index contributed by atoms with van der Waals surface area (Å²) >= 11 is 0. The minimum Gasteiger partial charge on any atom is -0.240 e. The van der Waals surface area contributed by atoms with Crippen molar-refractivity contribution in [1.82, 2.24) is 25.6 Å². The number of aromatic nitrogens is 5. The maximum absolute atomic E-state index is 9.00. The van der Waals surface area contributed by atoms with Crippen LogP contribution in [0.5, 0.6) is 0 Å². The summed E-state index contributed by atoms with van der Waals surface area (Å²) in [5.74, 6) is 0.230. The number of nitrogens with one attached hydrogen (secondary N) is 1. The molecule has 0 saturated carbocycles. The lowest BCUT2D eigenvalue weighted by Crippen LogP contribution is -2.00. The highest BCUT2D eigenvalue weighted by Gasteiger charge is 2.12. The number of aliphatic imine (C=N–C) groups is 1. The summed E-state index contributed by atoms with van der Waals surface area (Å²) in [5.41, 5.74) is 1.96. The summed E-state index contributed by atoms with van der Waals surface area (Å²) < 4.78 is 0. The molecule has 7 heteroatoms. The van der Waals surface area contributed by atoms with Gasteiger partial charge in [0.2, 0.25) is 0 Å². The van der Waals surface area contributed by atoms with Crippen LogP contribution in [0.15, 0.2) is 17.1 Å². The van der Waals surface area contributed by atoms with Gasteiger partial charge in [0.1, 0.15) is 5.92 Å². The highest BCUT2D eigenvalue weighted by molar-refractivity contribution is 5.72. The molecule has 2 heterocycles. The number of nitrogens with zero attached hydrogens (tertiary/aromatic N) is 6. The SMILES string of the molecule is Cc1cc(C)nc(N=CC(C#N)c2nn[nH]n2)c1. The van der Waals surface area contributed by atoms with Gasteiger partial charge >= 0.3 is 0 Å². The molecule has 1 unspecified atom stereocenters. The number of rotatable bonds is 3. The summed E-state index contributed by atoms with van der Waals surface area (Å²) in [5, 5.41) is 22.2. The van der Waals surface area contributed by atoms with E-state index < -0.39 is 5.92 Å². The number of H-pyrrole nitrogens is 1. The number of pyridine rings is 1. The van der Waals surface area contributed by atoms with Crippen molar-refractivity contribution in [2.24, 2.45) is 4.99 Å².